The molecule has 3 fully saturated rings. The number of rotatable bonds is 10. The number of epoxide rings is 1. The SMILES string of the molecule is CC(=CC(=O)OCC12CCC(C)=CC1OC1CC(OC(=O)C=CC=CCC(C)O)C2(C)C12CO2)CCO. The second kappa shape index (κ2) is 10.8. The van der Waals surface area contributed by atoms with Crippen molar-refractivity contribution in [3.8, 4) is 0 Å². The van der Waals surface area contributed by atoms with E-state index in [1.54, 1.807) is 32.1 Å². The maximum absolute atomic E-state index is 12.8. The van der Waals surface area contributed by atoms with E-state index in [1.165, 1.54) is 17.7 Å². The van der Waals surface area contributed by atoms with Gasteiger partial charge in [0.2, 0.25) is 0 Å². The van der Waals surface area contributed by atoms with Gasteiger partial charge in [0, 0.05) is 30.6 Å². The quantitative estimate of drug-likeness (QED) is 0.149. The molecule has 204 valence electrons. The normalized spacial score (nSPS) is 37.5. The minimum absolute atomic E-state index is 0.0311. The Kier molecular flexibility index (Phi) is 8.14. The monoisotopic (exact) mass is 516 g/mol. The molecular formula is C29H40O8. The topological polar surface area (TPSA) is 115 Å². The highest BCUT2D eigenvalue weighted by atomic mass is 16.6. The molecule has 37 heavy (non-hydrogen) atoms. The summed E-state index contributed by atoms with van der Waals surface area (Å²) in [6, 6.07) is 0. The van der Waals surface area contributed by atoms with Crippen molar-refractivity contribution in [2.24, 2.45) is 10.8 Å². The molecule has 2 aliphatic carbocycles. The van der Waals surface area contributed by atoms with Gasteiger partial charge in [-0.05, 0) is 46.5 Å². The lowest BCUT2D eigenvalue weighted by Gasteiger charge is -2.58. The van der Waals surface area contributed by atoms with Crippen LogP contribution in [0.5, 0.6) is 0 Å². The lowest BCUT2D eigenvalue weighted by atomic mass is 9.51. The molecule has 8 nitrogen and oxygen atoms in total. The zero-order valence-corrected chi connectivity index (χ0v) is 22.3. The first-order valence-electron chi connectivity index (χ1n) is 13.2. The van der Waals surface area contributed by atoms with Gasteiger partial charge in [-0.1, -0.05) is 42.4 Å². The van der Waals surface area contributed by atoms with Crippen LogP contribution >= 0.6 is 0 Å². The van der Waals surface area contributed by atoms with Crippen LogP contribution in [-0.4, -0.2) is 72.0 Å². The van der Waals surface area contributed by atoms with E-state index in [4.69, 9.17) is 24.1 Å². The molecule has 0 aromatic carbocycles. The Labute approximate surface area is 219 Å². The van der Waals surface area contributed by atoms with Crippen LogP contribution in [0.2, 0.25) is 0 Å². The fourth-order valence-corrected chi connectivity index (χ4v) is 6.49. The molecule has 2 N–H and O–H groups in total. The van der Waals surface area contributed by atoms with E-state index >= 15 is 0 Å². The zero-order chi connectivity index (χ0) is 26.8. The lowest BCUT2D eigenvalue weighted by molar-refractivity contribution is -0.232. The van der Waals surface area contributed by atoms with Crippen LogP contribution in [-0.2, 0) is 28.5 Å². The summed E-state index contributed by atoms with van der Waals surface area (Å²) in [5.74, 6) is -0.912. The van der Waals surface area contributed by atoms with E-state index in [9.17, 15) is 14.7 Å². The molecule has 4 aliphatic rings. The Balaban J connectivity index is 1.59. The van der Waals surface area contributed by atoms with Gasteiger partial charge in [-0.2, -0.15) is 0 Å². The molecule has 0 aromatic rings. The lowest BCUT2D eigenvalue weighted by Crippen LogP contribution is -2.66. The van der Waals surface area contributed by atoms with Crippen molar-refractivity contribution < 1.29 is 38.7 Å². The van der Waals surface area contributed by atoms with E-state index in [1.807, 2.05) is 0 Å². The van der Waals surface area contributed by atoms with Crippen LogP contribution in [0.1, 0.15) is 59.8 Å². The average molecular weight is 517 g/mol. The first kappa shape index (κ1) is 27.8. The minimum atomic E-state index is -0.629. The molecule has 2 bridgehead atoms. The van der Waals surface area contributed by atoms with Crippen LogP contribution < -0.4 is 0 Å². The van der Waals surface area contributed by atoms with Crippen molar-refractivity contribution in [3.63, 3.8) is 0 Å². The van der Waals surface area contributed by atoms with Gasteiger partial charge in [-0.3, -0.25) is 0 Å². The standard InChI is InChI=1S/C29H40O8/c1-19-10-12-28(17-34-26(33)15-20(2)11-13-30)23(14-19)36-24-16-22(27(28,4)29(24)18-35-29)37-25(32)9-7-5-6-8-21(3)31/h5-7,9,14-15,21-24,30-31H,8,10-13,16-18H2,1-4H3. The Morgan fingerprint density at radius 3 is 2.73 bits per heavy atom. The van der Waals surface area contributed by atoms with Gasteiger partial charge in [0.15, 0.2) is 0 Å². The largest absolute Gasteiger partial charge is 0.462 e. The van der Waals surface area contributed by atoms with Crippen molar-refractivity contribution in [2.45, 2.75) is 89.8 Å². The van der Waals surface area contributed by atoms with Crippen molar-refractivity contribution >= 4 is 11.9 Å². The number of hydrogen-bond donors (Lipinski definition) is 2. The number of ether oxygens (including phenoxy) is 4. The van der Waals surface area contributed by atoms with Crippen LogP contribution in [0.4, 0.5) is 0 Å². The van der Waals surface area contributed by atoms with Crippen LogP contribution in [0.15, 0.2) is 47.6 Å². The summed E-state index contributed by atoms with van der Waals surface area (Å²) in [6.45, 7) is 8.27. The number of carbonyl (C=O) groups excluding carboxylic acids is 2. The van der Waals surface area contributed by atoms with Crippen LogP contribution in [0.3, 0.4) is 0 Å². The van der Waals surface area contributed by atoms with Gasteiger partial charge < -0.3 is 29.2 Å². The molecule has 0 amide bonds. The predicted molar refractivity (Wildman–Crippen MR) is 136 cm³/mol. The molecule has 8 heteroatoms. The third-order valence-corrected chi connectivity index (χ3v) is 8.78. The molecule has 2 aliphatic heterocycles. The van der Waals surface area contributed by atoms with Gasteiger partial charge in [0.25, 0.3) is 0 Å². The number of aliphatic hydroxyl groups excluding tert-OH is 2. The summed E-state index contributed by atoms with van der Waals surface area (Å²) in [5.41, 5.74) is 0.137. The highest BCUT2D eigenvalue weighted by molar-refractivity contribution is 5.83. The van der Waals surface area contributed by atoms with Gasteiger partial charge in [0.05, 0.1) is 30.3 Å². The molecule has 2 saturated heterocycles. The van der Waals surface area contributed by atoms with E-state index in [-0.39, 0.29) is 25.4 Å². The first-order chi connectivity index (χ1) is 17.6. The van der Waals surface area contributed by atoms with Gasteiger partial charge >= 0.3 is 11.9 Å². The average Bonchev–Trinajstić information content (AvgIpc) is 3.60. The van der Waals surface area contributed by atoms with Gasteiger partial charge in [0.1, 0.15) is 18.3 Å². The van der Waals surface area contributed by atoms with Crippen molar-refractivity contribution in [2.75, 3.05) is 19.8 Å². The molecule has 4 rings (SSSR count). The Morgan fingerprint density at radius 1 is 1.30 bits per heavy atom. The highest BCUT2D eigenvalue weighted by Gasteiger charge is 2.83. The van der Waals surface area contributed by atoms with Gasteiger partial charge in [-0.15, -0.1) is 0 Å². The van der Waals surface area contributed by atoms with Gasteiger partial charge in [-0.25, -0.2) is 9.59 Å². The van der Waals surface area contributed by atoms with Crippen LogP contribution in [0, 0.1) is 10.8 Å². The van der Waals surface area contributed by atoms with E-state index in [0.29, 0.717) is 32.3 Å². The smallest absolute Gasteiger partial charge is 0.331 e. The van der Waals surface area contributed by atoms with E-state index < -0.39 is 40.6 Å². The number of esters is 2. The second-order valence-corrected chi connectivity index (χ2v) is 11.2. The van der Waals surface area contributed by atoms with Crippen molar-refractivity contribution in [1.29, 1.82) is 0 Å². The van der Waals surface area contributed by atoms with E-state index in [0.717, 1.165) is 12.0 Å². The molecular weight excluding hydrogens is 476 g/mol. The summed E-state index contributed by atoms with van der Waals surface area (Å²) in [4.78, 5) is 25.5. The number of allylic oxidation sites excluding steroid dienone is 3. The summed E-state index contributed by atoms with van der Waals surface area (Å²) in [5, 5.41) is 18.5. The third-order valence-electron chi connectivity index (χ3n) is 8.78. The number of fused-ring (bicyclic) bond motifs is 2. The minimum Gasteiger partial charge on any atom is -0.462 e. The maximum atomic E-state index is 12.8. The Morgan fingerprint density at radius 2 is 2.05 bits per heavy atom. The number of hydrogen-bond acceptors (Lipinski definition) is 8. The van der Waals surface area contributed by atoms with Crippen molar-refractivity contribution in [1.82, 2.24) is 0 Å². The fraction of sp³-hybridized carbons (Fsp3) is 0.655. The zero-order valence-electron chi connectivity index (χ0n) is 22.3. The summed E-state index contributed by atoms with van der Waals surface area (Å²) in [6.07, 6.45) is 11.6. The molecule has 0 radical (unpaired) electrons. The fourth-order valence-electron chi connectivity index (χ4n) is 6.49. The second-order valence-electron chi connectivity index (χ2n) is 11.2. The number of carbonyl (C=O) groups is 2. The maximum Gasteiger partial charge on any atom is 0.331 e. The molecule has 1 saturated carbocycles. The van der Waals surface area contributed by atoms with Crippen LogP contribution in [0.25, 0.3) is 0 Å². The molecule has 2 heterocycles. The highest BCUT2D eigenvalue weighted by Crippen LogP contribution is 2.72. The summed E-state index contributed by atoms with van der Waals surface area (Å²) in [7, 11) is 0. The molecule has 1 spiro atoms. The third kappa shape index (κ3) is 5.09. The Bertz CT molecular complexity index is 1000. The predicted octanol–water partition coefficient (Wildman–Crippen LogP) is 3.33. The van der Waals surface area contributed by atoms with E-state index in [2.05, 4.69) is 19.9 Å². The summed E-state index contributed by atoms with van der Waals surface area (Å²) < 4.78 is 24.6. The molecule has 7 unspecified atom stereocenters. The first-order valence-corrected chi connectivity index (χ1v) is 13.2. The molecule has 7 atom stereocenters. The molecule has 0 aromatic heterocycles. The Hall–Kier alpha value is -2.26. The summed E-state index contributed by atoms with van der Waals surface area (Å²) >= 11 is 0. The van der Waals surface area contributed by atoms with Crippen molar-refractivity contribution in [3.05, 3.63) is 47.6 Å². The number of aliphatic hydroxyl groups is 2.